The molecule has 9 heteroatoms. The quantitative estimate of drug-likeness (QED) is 0.149. The van der Waals surface area contributed by atoms with Crippen molar-refractivity contribution in [2.45, 2.75) is 23.7 Å². The molecule has 3 aromatic carbocycles. The highest BCUT2D eigenvalue weighted by Gasteiger charge is 2.19. The lowest BCUT2D eigenvalue weighted by Gasteiger charge is -2.21. The fourth-order valence-electron chi connectivity index (χ4n) is 4.48. The van der Waals surface area contributed by atoms with Crippen molar-refractivity contribution in [2.24, 2.45) is 0 Å². The van der Waals surface area contributed by atoms with Crippen molar-refractivity contribution in [1.29, 1.82) is 0 Å². The van der Waals surface area contributed by atoms with E-state index in [0.717, 1.165) is 0 Å². The number of rotatable bonds is 15. The molecule has 0 atom stereocenters. The molecule has 3 rings (SSSR count). The Balaban J connectivity index is 1.91. The second kappa shape index (κ2) is 15.5. The van der Waals surface area contributed by atoms with Gasteiger partial charge in [0.25, 0.3) is 0 Å². The van der Waals surface area contributed by atoms with Crippen molar-refractivity contribution >= 4 is 44.1 Å². The molecule has 0 heterocycles. The number of benzene rings is 3. The van der Waals surface area contributed by atoms with Crippen LogP contribution in [0.1, 0.15) is 22.6 Å². The van der Waals surface area contributed by atoms with Gasteiger partial charge in [-0.2, -0.15) is 0 Å². The third-order valence-corrected chi connectivity index (χ3v) is 12.6. The summed E-state index contributed by atoms with van der Waals surface area (Å²) in [5.74, 6) is -0.201. The van der Waals surface area contributed by atoms with E-state index in [9.17, 15) is 0 Å². The summed E-state index contributed by atoms with van der Waals surface area (Å²) >= 11 is 0. The standard InChI is InChI=1S/C28H40O6Si3/c1-29-26(30-2)35-22-13-7-19(8-14-22)25(20-9-15-23(16-10-20)36-27(31-3)32-4)21-11-17-24(18-12-21)37-28(33-5)34-6/h7-18,25-28H,35-37H2,1-6H3. The van der Waals surface area contributed by atoms with Gasteiger partial charge in [0.1, 0.15) is 46.3 Å². The molecule has 6 nitrogen and oxygen atoms in total. The van der Waals surface area contributed by atoms with E-state index in [0.29, 0.717) is 0 Å². The van der Waals surface area contributed by atoms with Gasteiger partial charge in [0.2, 0.25) is 0 Å². The molecule has 0 saturated heterocycles. The van der Waals surface area contributed by atoms with Crippen molar-refractivity contribution in [3.05, 3.63) is 89.5 Å². The molecule has 0 radical (unpaired) electrons. The van der Waals surface area contributed by atoms with Crippen LogP contribution in [0, 0.1) is 0 Å². The van der Waals surface area contributed by atoms with Gasteiger partial charge in [-0.05, 0) is 16.7 Å². The first-order valence-electron chi connectivity index (χ1n) is 12.5. The average Bonchev–Trinajstić information content (AvgIpc) is 2.95. The van der Waals surface area contributed by atoms with Crippen LogP contribution >= 0.6 is 0 Å². The maximum absolute atomic E-state index is 5.44. The summed E-state index contributed by atoms with van der Waals surface area (Å²) in [7, 11) is 8.15. The van der Waals surface area contributed by atoms with Crippen LogP contribution in [-0.2, 0) is 28.4 Å². The number of ether oxygens (including phenoxy) is 6. The molecule has 0 spiro atoms. The summed E-state index contributed by atoms with van der Waals surface area (Å²) in [5, 5.41) is 3.94. The van der Waals surface area contributed by atoms with E-state index < -0.39 is 28.6 Å². The zero-order valence-electron chi connectivity index (χ0n) is 22.8. The largest absolute Gasteiger partial charge is 0.360 e. The fraction of sp³-hybridized carbons (Fsp3) is 0.357. The summed E-state index contributed by atoms with van der Waals surface area (Å²) in [5.41, 5.74) is 3.78. The minimum Gasteiger partial charge on any atom is -0.360 e. The van der Waals surface area contributed by atoms with Crippen LogP contribution in [0.5, 0.6) is 0 Å². The molecule has 0 bridgehead atoms. The van der Waals surface area contributed by atoms with E-state index in [4.69, 9.17) is 28.4 Å². The van der Waals surface area contributed by atoms with E-state index in [2.05, 4.69) is 72.8 Å². The minimum absolute atomic E-state index is 0.110. The first-order valence-corrected chi connectivity index (χ1v) is 17.1. The minimum atomic E-state index is -0.689. The van der Waals surface area contributed by atoms with Crippen molar-refractivity contribution in [3.63, 3.8) is 0 Å². The van der Waals surface area contributed by atoms with Gasteiger partial charge >= 0.3 is 0 Å². The number of hydrogen-bond donors (Lipinski definition) is 0. The zero-order valence-corrected chi connectivity index (χ0v) is 27.1. The van der Waals surface area contributed by atoms with Crippen LogP contribution in [0.25, 0.3) is 0 Å². The molecule has 0 N–H and O–H groups in total. The summed E-state index contributed by atoms with van der Waals surface area (Å²) < 4.78 is 32.6. The van der Waals surface area contributed by atoms with E-state index in [1.165, 1.54) is 32.3 Å². The molecule has 0 aliphatic heterocycles. The van der Waals surface area contributed by atoms with E-state index in [1.807, 2.05) is 0 Å². The lowest BCUT2D eigenvalue weighted by atomic mass is 9.85. The summed E-state index contributed by atoms with van der Waals surface area (Å²) in [6, 6.07) is 26.9. The van der Waals surface area contributed by atoms with Crippen molar-refractivity contribution in [3.8, 4) is 0 Å². The second-order valence-electron chi connectivity index (χ2n) is 8.97. The SMILES string of the molecule is COC(OC)[SiH2]c1ccc(C(c2ccc([SiH2]C(OC)OC)cc2)c2ccc([SiH2]C(OC)OC)cc2)cc1. The maximum atomic E-state index is 5.44. The number of hydrogen-bond acceptors (Lipinski definition) is 6. The molecule has 3 aromatic rings. The highest BCUT2D eigenvalue weighted by molar-refractivity contribution is 6.55. The van der Waals surface area contributed by atoms with Gasteiger partial charge in [-0.25, -0.2) is 0 Å². The molecule has 37 heavy (non-hydrogen) atoms. The van der Waals surface area contributed by atoms with Crippen LogP contribution in [0.15, 0.2) is 72.8 Å². The van der Waals surface area contributed by atoms with Crippen LogP contribution in [-0.4, -0.2) is 89.0 Å². The molecule has 0 amide bonds. The molecule has 0 unspecified atom stereocenters. The molecule has 0 aliphatic rings. The predicted octanol–water partition coefficient (Wildman–Crippen LogP) is -0.0217. The third-order valence-electron chi connectivity index (χ3n) is 6.72. The summed E-state index contributed by atoms with van der Waals surface area (Å²) in [4.78, 5) is 0. The van der Waals surface area contributed by atoms with Crippen molar-refractivity contribution in [1.82, 2.24) is 0 Å². The van der Waals surface area contributed by atoms with E-state index in [1.54, 1.807) is 42.7 Å². The van der Waals surface area contributed by atoms with Crippen molar-refractivity contribution in [2.75, 3.05) is 42.7 Å². The van der Waals surface area contributed by atoms with E-state index >= 15 is 0 Å². The highest BCUT2D eigenvalue weighted by atomic mass is 28.2. The van der Waals surface area contributed by atoms with Gasteiger partial charge in [0.05, 0.1) is 0 Å². The highest BCUT2D eigenvalue weighted by Crippen LogP contribution is 2.31. The van der Waals surface area contributed by atoms with Gasteiger partial charge < -0.3 is 28.4 Å². The van der Waals surface area contributed by atoms with Crippen LogP contribution < -0.4 is 15.6 Å². The lowest BCUT2D eigenvalue weighted by molar-refractivity contribution is -0.0430. The van der Waals surface area contributed by atoms with Crippen molar-refractivity contribution < 1.29 is 28.4 Å². The first-order chi connectivity index (χ1) is 18.0. The molecule has 0 fully saturated rings. The van der Waals surface area contributed by atoms with E-state index in [-0.39, 0.29) is 23.7 Å². The van der Waals surface area contributed by atoms with Crippen LogP contribution in [0.4, 0.5) is 0 Å². The van der Waals surface area contributed by atoms with Crippen LogP contribution in [0.3, 0.4) is 0 Å². The Labute approximate surface area is 228 Å². The normalized spacial score (nSPS) is 13.5. The van der Waals surface area contributed by atoms with Gasteiger partial charge in [0, 0.05) is 48.6 Å². The lowest BCUT2D eigenvalue weighted by Crippen LogP contribution is -2.31. The monoisotopic (exact) mass is 556 g/mol. The molecule has 0 aromatic heterocycles. The Morgan fingerprint density at radius 2 is 0.595 bits per heavy atom. The Morgan fingerprint density at radius 3 is 0.784 bits per heavy atom. The Bertz CT molecular complexity index is 898. The Hall–Kier alpha value is -1.93. The van der Waals surface area contributed by atoms with Gasteiger partial charge in [0.15, 0.2) is 0 Å². The molecule has 0 saturated carbocycles. The maximum Gasteiger partial charge on any atom is 0.139 e. The molecular weight excluding hydrogens is 517 g/mol. The first kappa shape index (κ1) is 29.6. The van der Waals surface area contributed by atoms with Gasteiger partial charge in [-0.3, -0.25) is 0 Å². The molecule has 0 aliphatic carbocycles. The van der Waals surface area contributed by atoms with Gasteiger partial charge in [-0.15, -0.1) is 0 Å². The number of methoxy groups -OCH3 is 6. The summed E-state index contributed by atoms with van der Waals surface area (Å²) in [6.07, 6.45) is 0. The third kappa shape index (κ3) is 8.54. The molecule has 200 valence electrons. The average molecular weight is 557 g/mol. The smallest absolute Gasteiger partial charge is 0.139 e. The second-order valence-corrected chi connectivity index (χ2v) is 14.6. The Kier molecular flexibility index (Phi) is 12.4. The van der Waals surface area contributed by atoms with Crippen LogP contribution in [0.2, 0.25) is 0 Å². The topological polar surface area (TPSA) is 55.4 Å². The molecular formula is C28H40O6Si3. The fourth-order valence-corrected chi connectivity index (χ4v) is 8.16. The zero-order chi connectivity index (χ0) is 26.6. The predicted molar refractivity (Wildman–Crippen MR) is 158 cm³/mol. The Morgan fingerprint density at radius 1 is 0.378 bits per heavy atom. The van der Waals surface area contributed by atoms with Gasteiger partial charge in [-0.1, -0.05) is 88.4 Å². The summed E-state index contributed by atoms with van der Waals surface area (Å²) in [6.45, 7) is 0.